The Kier molecular flexibility index (Phi) is 6.59. The lowest BCUT2D eigenvalue weighted by atomic mass is 10.1. The molecule has 0 bridgehead atoms. The Hall–Kier alpha value is -3.92. The van der Waals surface area contributed by atoms with Gasteiger partial charge in [0.15, 0.2) is 17.3 Å². The minimum absolute atomic E-state index is 0.0240. The maximum Gasteiger partial charge on any atom is 0.415 e. The number of anilines is 1. The molecule has 1 aliphatic heterocycles. The third-order valence-electron chi connectivity index (χ3n) is 6.76. The van der Waals surface area contributed by atoms with Crippen molar-refractivity contribution < 1.29 is 23.1 Å². The molecule has 1 saturated heterocycles. The summed E-state index contributed by atoms with van der Waals surface area (Å²) in [6, 6.07) is 8.56. The Balaban J connectivity index is 1.49. The fourth-order valence-corrected chi connectivity index (χ4v) is 4.84. The molecule has 1 fully saturated rings. The van der Waals surface area contributed by atoms with Gasteiger partial charge < -0.3 is 29.0 Å². The van der Waals surface area contributed by atoms with Crippen molar-refractivity contribution >= 4 is 33.8 Å². The van der Waals surface area contributed by atoms with Crippen LogP contribution in [-0.2, 0) is 0 Å². The highest BCUT2D eigenvalue weighted by atomic mass is 19.1. The van der Waals surface area contributed by atoms with Gasteiger partial charge in [-0.15, -0.1) is 0 Å². The van der Waals surface area contributed by atoms with Gasteiger partial charge in [-0.25, -0.2) is 19.2 Å². The van der Waals surface area contributed by atoms with Crippen molar-refractivity contribution in [1.29, 1.82) is 0 Å². The number of hydrogen-bond donors (Lipinski definition) is 1. The normalized spacial score (nSPS) is 17.2. The van der Waals surface area contributed by atoms with E-state index in [2.05, 4.69) is 20.2 Å². The van der Waals surface area contributed by atoms with Crippen LogP contribution in [0.4, 0.5) is 15.0 Å². The predicted octanol–water partition coefficient (Wildman–Crippen LogP) is 5.14. The molecule has 0 spiro atoms. The van der Waals surface area contributed by atoms with Crippen LogP contribution in [0.3, 0.4) is 0 Å². The van der Waals surface area contributed by atoms with E-state index in [1.165, 1.54) is 7.11 Å². The summed E-state index contributed by atoms with van der Waals surface area (Å²) in [6.07, 6.45) is 0.680. The molecule has 10 heteroatoms. The number of halogens is 1. The highest BCUT2D eigenvalue weighted by molar-refractivity contribution is 5.93. The summed E-state index contributed by atoms with van der Waals surface area (Å²) in [7, 11) is 3.56. The maximum absolute atomic E-state index is 14.1. The predicted molar refractivity (Wildman–Crippen MR) is 139 cm³/mol. The first kappa shape index (κ1) is 24.8. The molecule has 0 aliphatic carbocycles. The summed E-state index contributed by atoms with van der Waals surface area (Å²) >= 11 is 0. The number of amides is 1. The van der Waals surface area contributed by atoms with E-state index in [0.29, 0.717) is 45.8 Å². The topological polar surface area (TPSA) is 93.0 Å². The minimum Gasteiger partial charge on any atom is -0.493 e. The van der Waals surface area contributed by atoms with E-state index in [0.717, 1.165) is 24.9 Å². The van der Waals surface area contributed by atoms with Crippen LogP contribution < -0.4 is 14.8 Å². The molecular weight excluding hydrogens is 477 g/mol. The lowest BCUT2D eigenvalue weighted by Crippen LogP contribution is -2.53. The molecule has 2 aromatic carbocycles. The molecule has 37 heavy (non-hydrogen) atoms. The van der Waals surface area contributed by atoms with E-state index in [-0.39, 0.29) is 17.8 Å². The van der Waals surface area contributed by atoms with E-state index in [9.17, 15) is 9.18 Å². The van der Waals surface area contributed by atoms with Gasteiger partial charge in [-0.3, -0.25) is 0 Å². The van der Waals surface area contributed by atoms with Crippen LogP contribution in [0, 0.1) is 12.7 Å². The van der Waals surface area contributed by atoms with Crippen molar-refractivity contribution in [3.05, 3.63) is 53.8 Å². The number of hydrogen-bond acceptors (Lipinski definition) is 8. The average molecular weight is 508 g/mol. The number of para-hydroxylation sites is 1. The molecule has 2 atom stereocenters. The van der Waals surface area contributed by atoms with Gasteiger partial charge in [0.25, 0.3) is 0 Å². The number of nitrogens with zero attached hydrogens (tertiary/aromatic N) is 4. The van der Waals surface area contributed by atoms with Crippen LogP contribution >= 0.6 is 0 Å². The number of methoxy groups -OCH3 is 1. The third kappa shape index (κ3) is 4.76. The number of carbonyl (C=O) groups excluding carboxylic acids is 1. The summed E-state index contributed by atoms with van der Waals surface area (Å²) in [5.41, 5.74) is 1.90. The molecule has 1 amide bonds. The van der Waals surface area contributed by atoms with E-state index in [1.54, 1.807) is 36.1 Å². The van der Waals surface area contributed by atoms with Gasteiger partial charge in [-0.2, -0.15) is 0 Å². The molecule has 4 aromatic rings. The Bertz CT molecular complexity index is 1470. The molecule has 2 aromatic heterocycles. The second kappa shape index (κ2) is 9.85. The lowest BCUT2D eigenvalue weighted by molar-refractivity contribution is 0.0886. The Labute approximate surface area is 214 Å². The summed E-state index contributed by atoms with van der Waals surface area (Å²) in [5, 5.41) is 4.49. The maximum atomic E-state index is 14.1. The molecule has 0 radical (unpaired) electrons. The number of fused-ring (bicyclic) bond motifs is 2. The summed E-state index contributed by atoms with van der Waals surface area (Å²) < 4.78 is 30.9. The summed E-state index contributed by atoms with van der Waals surface area (Å²) in [4.78, 5) is 26.1. The molecule has 194 valence electrons. The van der Waals surface area contributed by atoms with Crippen LogP contribution in [0.5, 0.6) is 11.5 Å². The molecule has 2 unspecified atom stereocenters. The zero-order valence-corrected chi connectivity index (χ0v) is 21.5. The van der Waals surface area contributed by atoms with Gasteiger partial charge >= 0.3 is 6.09 Å². The second-order valence-corrected chi connectivity index (χ2v) is 9.49. The van der Waals surface area contributed by atoms with E-state index in [1.807, 2.05) is 27.0 Å². The number of ether oxygens (including phenoxy) is 2. The third-order valence-corrected chi connectivity index (χ3v) is 6.76. The minimum atomic E-state index is -0.430. The Morgan fingerprint density at radius 1 is 1.22 bits per heavy atom. The molecule has 1 aliphatic rings. The lowest BCUT2D eigenvalue weighted by Gasteiger charge is -2.37. The summed E-state index contributed by atoms with van der Waals surface area (Å²) in [6.45, 7) is 7.87. The standard InChI is InChI=1S/C27H30FN5O4/c1-15-13-32(4)9-10-33(15)27(34)37-24-11-20-22(12-23(24)35-5)30-17(3)31-26(20)29-16(2)18-7-6-8-19-21(28)14-36-25(18)19/h6-8,11-12,14-16H,9-10,13H2,1-5H3,(H,29,30,31). The van der Waals surface area contributed by atoms with Gasteiger partial charge in [-0.1, -0.05) is 12.1 Å². The number of likely N-dealkylation sites (N-methyl/N-ethyl adjacent to an activating group) is 1. The van der Waals surface area contributed by atoms with E-state index < -0.39 is 11.9 Å². The quantitative estimate of drug-likeness (QED) is 0.397. The van der Waals surface area contributed by atoms with Gasteiger partial charge in [0.2, 0.25) is 0 Å². The summed E-state index contributed by atoms with van der Waals surface area (Å²) in [5.74, 6) is 1.38. The second-order valence-electron chi connectivity index (χ2n) is 9.49. The van der Waals surface area contributed by atoms with Crippen LogP contribution in [0.25, 0.3) is 21.9 Å². The SMILES string of the molecule is COc1cc2nc(C)nc(NC(C)c3cccc4c(F)coc34)c2cc1OC(=O)N1CCN(C)CC1C. The fourth-order valence-electron chi connectivity index (χ4n) is 4.84. The van der Waals surface area contributed by atoms with Crippen LogP contribution in [0.1, 0.15) is 31.3 Å². The Morgan fingerprint density at radius 2 is 2.03 bits per heavy atom. The number of nitrogens with one attached hydrogen (secondary N) is 1. The molecule has 0 saturated carbocycles. The van der Waals surface area contributed by atoms with Crippen molar-refractivity contribution in [3.63, 3.8) is 0 Å². The number of aromatic nitrogens is 2. The van der Waals surface area contributed by atoms with Gasteiger partial charge in [0, 0.05) is 42.7 Å². The zero-order chi connectivity index (χ0) is 26.3. The monoisotopic (exact) mass is 507 g/mol. The number of furan rings is 1. The van der Waals surface area contributed by atoms with Crippen LogP contribution in [0.2, 0.25) is 0 Å². The van der Waals surface area contributed by atoms with Crippen molar-refractivity contribution in [3.8, 4) is 11.5 Å². The van der Waals surface area contributed by atoms with Gasteiger partial charge in [-0.05, 0) is 40.0 Å². The smallest absolute Gasteiger partial charge is 0.415 e. The van der Waals surface area contributed by atoms with Crippen LogP contribution in [0.15, 0.2) is 41.0 Å². The molecule has 5 rings (SSSR count). The largest absolute Gasteiger partial charge is 0.493 e. The first-order valence-corrected chi connectivity index (χ1v) is 12.2. The number of benzene rings is 2. The molecular formula is C27H30FN5O4. The first-order valence-electron chi connectivity index (χ1n) is 12.2. The highest BCUT2D eigenvalue weighted by Crippen LogP contribution is 2.36. The van der Waals surface area contributed by atoms with Crippen molar-refractivity contribution in [2.75, 3.05) is 39.1 Å². The van der Waals surface area contributed by atoms with Crippen molar-refractivity contribution in [1.82, 2.24) is 19.8 Å². The average Bonchev–Trinajstić information content (AvgIpc) is 3.24. The van der Waals surface area contributed by atoms with Crippen LogP contribution in [-0.4, -0.2) is 65.7 Å². The van der Waals surface area contributed by atoms with Gasteiger partial charge in [0.1, 0.15) is 23.5 Å². The highest BCUT2D eigenvalue weighted by Gasteiger charge is 2.28. The van der Waals surface area contributed by atoms with Crippen molar-refractivity contribution in [2.24, 2.45) is 0 Å². The Morgan fingerprint density at radius 3 is 2.78 bits per heavy atom. The fraction of sp³-hybridized carbons (Fsp3) is 0.370. The molecule has 1 N–H and O–H groups in total. The van der Waals surface area contributed by atoms with Gasteiger partial charge in [0.05, 0.1) is 24.1 Å². The number of rotatable bonds is 5. The number of carbonyl (C=O) groups is 1. The zero-order valence-electron chi connectivity index (χ0n) is 21.5. The first-order chi connectivity index (χ1) is 17.7. The molecule has 3 heterocycles. The van der Waals surface area contributed by atoms with E-state index in [4.69, 9.17) is 13.9 Å². The number of aryl methyl sites for hydroxylation is 1. The van der Waals surface area contributed by atoms with E-state index >= 15 is 0 Å². The number of piperazine rings is 1. The van der Waals surface area contributed by atoms with Crippen molar-refractivity contribution in [2.45, 2.75) is 32.9 Å². The molecule has 9 nitrogen and oxygen atoms in total.